The molecule has 0 unspecified atom stereocenters. The van der Waals surface area contributed by atoms with Crippen molar-refractivity contribution in [2.45, 2.75) is 20.8 Å². The van der Waals surface area contributed by atoms with Crippen molar-refractivity contribution in [3.63, 3.8) is 0 Å². The Morgan fingerprint density at radius 2 is 1.88 bits per heavy atom. The van der Waals surface area contributed by atoms with E-state index in [1.165, 1.54) is 13.2 Å². The molecule has 8 heteroatoms. The van der Waals surface area contributed by atoms with Gasteiger partial charge in [-0.2, -0.15) is 0 Å². The third kappa shape index (κ3) is 4.60. The van der Waals surface area contributed by atoms with Crippen molar-refractivity contribution in [1.82, 2.24) is 5.32 Å². The highest BCUT2D eigenvalue weighted by Crippen LogP contribution is 2.33. The van der Waals surface area contributed by atoms with E-state index in [-0.39, 0.29) is 16.8 Å². The number of hydrogen-bond donors (Lipinski definition) is 3. The molecule has 1 amide bonds. The minimum absolute atomic E-state index is 0.159. The lowest BCUT2D eigenvalue weighted by Crippen LogP contribution is -2.41. The second-order valence-electron chi connectivity index (χ2n) is 6.54. The smallest absolute Gasteiger partial charge is 0.371 e. The quantitative estimate of drug-likeness (QED) is 0.702. The Labute approximate surface area is 156 Å². The molecule has 3 N–H and O–H groups in total. The highest BCUT2D eigenvalue weighted by Gasteiger charge is 2.22. The number of rotatable bonds is 4. The first kappa shape index (κ1) is 19.5. The monoisotopic (exact) mass is 376 g/mol. The van der Waals surface area contributed by atoms with Gasteiger partial charge in [-0.15, -0.1) is 0 Å². The van der Waals surface area contributed by atoms with Crippen molar-refractivity contribution in [1.29, 1.82) is 0 Å². The molecule has 0 radical (unpaired) electrons. The fraction of sp³-hybridized carbons (Fsp3) is 0.278. The van der Waals surface area contributed by atoms with Crippen LogP contribution in [0.1, 0.15) is 31.3 Å². The lowest BCUT2D eigenvalue weighted by atomic mass is 9.96. The summed E-state index contributed by atoms with van der Waals surface area (Å²) in [6, 6.07) is 8.02. The number of furan rings is 1. The molecule has 0 aliphatic rings. The van der Waals surface area contributed by atoms with Gasteiger partial charge in [-0.1, -0.05) is 20.8 Å². The average molecular weight is 376 g/mol. The van der Waals surface area contributed by atoms with E-state index in [0.29, 0.717) is 22.8 Å². The number of carboxylic acid groups (broad SMARTS) is 1. The standard InChI is InChI=1S/C18H20N2O5S/c1-18(2,3)16(23)20-17(26)19-10-5-6-12(24-4)11(9-10)13-7-8-14(25-13)15(21)22/h5-9H,1-4H3,(H,21,22)(H2,19,20,23,26). The maximum Gasteiger partial charge on any atom is 0.371 e. The van der Waals surface area contributed by atoms with Gasteiger partial charge in [0, 0.05) is 11.1 Å². The van der Waals surface area contributed by atoms with Gasteiger partial charge in [-0.3, -0.25) is 4.79 Å². The van der Waals surface area contributed by atoms with Gasteiger partial charge < -0.3 is 24.9 Å². The summed E-state index contributed by atoms with van der Waals surface area (Å²) in [5.41, 5.74) is 0.571. The summed E-state index contributed by atoms with van der Waals surface area (Å²) in [6.07, 6.45) is 0. The largest absolute Gasteiger partial charge is 0.496 e. The first-order valence-corrected chi connectivity index (χ1v) is 8.16. The first-order valence-electron chi connectivity index (χ1n) is 7.76. The number of carbonyl (C=O) groups excluding carboxylic acids is 1. The van der Waals surface area contributed by atoms with Crippen LogP contribution in [0.15, 0.2) is 34.7 Å². The summed E-state index contributed by atoms with van der Waals surface area (Å²) in [7, 11) is 1.50. The number of carbonyl (C=O) groups is 2. The topological polar surface area (TPSA) is 101 Å². The molecule has 26 heavy (non-hydrogen) atoms. The van der Waals surface area contributed by atoms with Crippen LogP contribution in [0.5, 0.6) is 5.75 Å². The zero-order valence-electron chi connectivity index (χ0n) is 14.9. The van der Waals surface area contributed by atoms with Crippen LogP contribution in [-0.4, -0.2) is 29.2 Å². The lowest BCUT2D eigenvalue weighted by Gasteiger charge is -2.19. The number of hydrogen-bond acceptors (Lipinski definition) is 5. The van der Waals surface area contributed by atoms with Crippen molar-refractivity contribution in [2.75, 3.05) is 12.4 Å². The van der Waals surface area contributed by atoms with E-state index in [4.69, 9.17) is 26.5 Å². The van der Waals surface area contributed by atoms with Crippen LogP contribution in [0.3, 0.4) is 0 Å². The molecule has 2 aromatic rings. The second kappa shape index (κ2) is 7.57. The highest BCUT2D eigenvalue weighted by atomic mass is 32.1. The van der Waals surface area contributed by atoms with E-state index in [1.54, 1.807) is 45.0 Å². The molecule has 0 fully saturated rings. The molecular weight excluding hydrogens is 356 g/mol. The Morgan fingerprint density at radius 1 is 1.19 bits per heavy atom. The third-order valence-corrected chi connectivity index (χ3v) is 3.65. The number of ether oxygens (including phenoxy) is 1. The number of benzene rings is 1. The van der Waals surface area contributed by atoms with Gasteiger partial charge in [0.15, 0.2) is 5.11 Å². The molecule has 1 heterocycles. The SMILES string of the molecule is COc1ccc(NC(=S)NC(=O)C(C)(C)C)cc1-c1ccc(C(=O)O)o1. The Bertz CT molecular complexity index is 852. The van der Waals surface area contributed by atoms with Crippen molar-refractivity contribution in [3.05, 3.63) is 36.1 Å². The minimum atomic E-state index is -1.16. The summed E-state index contributed by atoms with van der Waals surface area (Å²) in [5.74, 6) is -0.691. The Balaban J connectivity index is 2.24. The van der Waals surface area contributed by atoms with Crippen LogP contribution in [-0.2, 0) is 4.79 Å². The van der Waals surface area contributed by atoms with E-state index in [1.807, 2.05) is 0 Å². The maximum atomic E-state index is 12.0. The van der Waals surface area contributed by atoms with Gasteiger partial charge in [0.05, 0.1) is 12.7 Å². The molecule has 0 bridgehead atoms. The van der Waals surface area contributed by atoms with Crippen molar-refractivity contribution < 1.29 is 23.8 Å². The zero-order valence-corrected chi connectivity index (χ0v) is 15.7. The summed E-state index contributed by atoms with van der Waals surface area (Å²) < 4.78 is 10.6. The molecule has 1 aromatic carbocycles. The maximum absolute atomic E-state index is 12.0. The van der Waals surface area contributed by atoms with Crippen molar-refractivity contribution in [3.8, 4) is 17.1 Å². The van der Waals surface area contributed by atoms with Crippen LogP contribution in [0.25, 0.3) is 11.3 Å². The van der Waals surface area contributed by atoms with Gasteiger partial charge in [0.25, 0.3) is 0 Å². The Hall–Kier alpha value is -2.87. The van der Waals surface area contributed by atoms with E-state index in [9.17, 15) is 9.59 Å². The molecule has 7 nitrogen and oxygen atoms in total. The molecule has 1 aromatic heterocycles. The predicted octanol–water partition coefficient (Wildman–Crippen LogP) is 3.51. The minimum Gasteiger partial charge on any atom is -0.496 e. The van der Waals surface area contributed by atoms with Gasteiger partial charge in [0.2, 0.25) is 11.7 Å². The lowest BCUT2D eigenvalue weighted by molar-refractivity contribution is -0.126. The van der Waals surface area contributed by atoms with Crippen molar-refractivity contribution in [2.24, 2.45) is 5.41 Å². The molecular formula is C18H20N2O5S. The molecule has 0 aliphatic heterocycles. The Kier molecular flexibility index (Phi) is 5.66. The normalized spacial score (nSPS) is 10.9. The highest BCUT2D eigenvalue weighted by molar-refractivity contribution is 7.80. The van der Waals surface area contributed by atoms with Crippen LogP contribution in [0.4, 0.5) is 5.69 Å². The van der Waals surface area contributed by atoms with Gasteiger partial charge in [-0.05, 0) is 42.5 Å². The summed E-state index contributed by atoms with van der Waals surface area (Å²) in [6.45, 7) is 5.36. The van der Waals surface area contributed by atoms with Crippen LogP contribution >= 0.6 is 12.2 Å². The van der Waals surface area contributed by atoms with Crippen LogP contribution < -0.4 is 15.4 Å². The van der Waals surface area contributed by atoms with Gasteiger partial charge in [-0.25, -0.2) is 4.79 Å². The van der Waals surface area contributed by atoms with Crippen molar-refractivity contribution >= 4 is 34.9 Å². The molecule has 0 atom stereocenters. The molecule has 2 rings (SSSR count). The number of carboxylic acids is 1. The number of amides is 1. The second-order valence-corrected chi connectivity index (χ2v) is 6.95. The number of aromatic carboxylic acids is 1. The van der Waals surface area contributed by atoms with Gasteiger partial charge >= 0.3 is 5.97 Å². The van der Waals surface area contributed by atoms with Gasteiger partial charge in [0.1, 0.15) is 11.5 Å². The number of methoxy groups -OCH3 is 1. The third-order valence-electron chi connectivity index (χ3n) is 3.45. The number of thiocarbonyl (C=S) groups is 1. The number of anilines is 1. The number of nitrogens with one attached hydrogen (secondary N) is 2. The molecule has 138 valence electrons. The molecule has 0 saturated carbocycles. The van der Waals surface area contributed by atoms with E-state index >= 15 is 0 Å². The summed E-state index contributed by atoms with van der Waals surface area (Å²) >= 11 is 5.17. The predicted molar refractivity (Wildman–Crippen MR) is 101 cm³/mol. The summed E-state index contributed by atoms with van der Waals surface area (Å²) in [5, 5.41) is 14.7. The fourth-order valence-corrected chi connectivity index (χ4v) is 2.24. The van der Waals surface area contributed by atoms with E-state index < -0.39 is 11.4 Å². The molecule has 0 aliphatic carbocycles. The average Bonchev–Trinajstić information content (AvgIpc) is 3.03. The molecule has 0 saturated heterocycles. The summed E-state index contributed by atoms with van der Waals surface area (Å²) in [4.78, 5) is 23.0. The van der Waals surface area contributed by atoms with E-state index in [2.05, 4.69) is 10.6 Å². The van der Waals surface area contributed by atoms with Crippen LogP contribution in [0, 0.1) is 5.41 Å². The van der Waals surface area contributed by atoms with Crippen LogP contribution in [0.2, 0.25) is 0 Å². The Morgan fingerprint density at radius 3 is 2.42 bits per heavy atom. The molecule has 0 spiro atoms. The first-order chi connectivity index (χ1) is 12.1. The van der Waals surface area contributed by atoms with E-state index in [0.717, 1.165) is 0 Å². The zero-order chi connectivity index (χ0) is 19.5. The fourth-order valence-electron chi connectivity index (χ4n) is 2.03.